The lowest BCUT2D eigenvalue weighted by atomic mass is 10.0. The molecule has 0 saturated carbocycles. The molecule has 0 aliphatic carbocycles. The molecule has 2 N–H and O–H groups in total. The van der Waals surface area contributed by atoms with Crippen LogP contribution in [0.25, 0.3) is 0 Å². The van der Waals surface area contributed by atoms with Gasteiger partial charge in [-0.15, -0.1) is 0 Å². The average Bonchev–Trinajstić information content (AvgIpc) is 2.43. The minimum absolute atomic E-state index is 0.405. The van der Waals surface area contributed by atoms with Gasteiger partial charge in [0.2, 0.25) is 0 Å². The number of hydrogen-bond acceptors (Lipinski definition) is 2. The molecule has 2 aromatic carbocycles. The molecule has 0 fully saturated rings. The van der Waals surface area contributed by atoms with Gasteiger partial charge in [0.15, 0.2) is 0 Å². The van der Waals surface area contributed by atoms with Crippen molar-refractivity contribution >= 4 is 17.2 Å². The van der Waals surface area contributed by atoms with Crippen molar-refractivity contribution in [3.63, 3.8) is 0 Å². The van der Waals surface area contributed by atoms with E-state index < -0.39 is 0 Å². The Morgan fingerprint density at radius 2 is 1.70 bits per heavy atom. The van der Waals surface area contributed by atoms with Crippen LogP contribution in [-0.2, 0) is 6.61 Å². The highest BCUT2D eigenvalue weighted by molar-refractivity contribution is 7.80. The molecule has 3 heteroatoms. The Morgan fingerprint density at radius 1 is 1.05 bits per heavy atom. The van der Waals surface area contributed by atoms with Crippen LogP contribution in [-0.4, -0.2) is 4.99 Å². The standard InChI is InChI=1S/C17H19NOS/c1-11-8-9-12(2)16(13(11)3)19-10-14-6-4-5-7-15(14)17(18)20/h4-9H,10H2,1-3H3,(H2,18,20). The molecular weight excluding hydrogens is 266 g/mol. The van der Waals surface area contributed by atoms with Gasteiger partial charge in [-0.1, -0.05) is 48.6 Å². The summed E-state index contributed by atoms with van der Waals surface area (Å²) in [6, 6.07) is 12.0. The highest BCUT2D eigenvalue weighted by Gasteiger charge is 2.09. The van der Waals surface area contributed by atoms with E-state index in [4.69, 9.17) is 22.7 Å². The van der Waals surface area contributed by atoms with Crippen LogP contribution in [0.1, 0.15) is 27.8 Å². The third-order valence-electron chi connectivity index (χ3n) is 3.53. The van der Waals surface area contributed by atoms with Crippen molar-refractivity contribution in [1.82, 2.24) is 0 Å². The van der Waals surface area contributed by atoms with Gasteiger partial charge in [0.1, 0.15) is 17.3 Å². The third-order valence-corrected chi connectivity index (χ3v) is 3.75. The molecule has 2 rings (SSSR count). The summed E-state index contributed by atoms with van der Waals surface area (Å²) in [7, 11) is 0. The summed E-state index contributed by atoms with van der Waals surface area (Å²) in [5, 5.41) is 0. The fourth-order valence-electron chi connectivity index (χ4n) is 2.18. The Morgan fingerprint density at radius 3 is 2.40 bits per heavy atom. The van der Waals surface area contributed by atoms with Crippen molar-refractivity contribution in [3.8, 4) is 5.75 Å². The third kappa shape index (κ3) is 2.99. The van der Waals surface area contributed by atoms with Crippen LogP contribution in [0.4, 0.5) is 0 Å². The van der Waals surface area contributed by atoms with Crippen LogP contribution in [0.5, 0.6) is 5.75 Å². The van der Waals surface area contributed by atoms with E-state index >= 15 is 0 Å². The van der Waals surface area contributed by atoms with E-state index in [1.807, 2.05) is 24.3 Å². The second kappa shape index (κ2) is 6.06. The second-order valence-corrected chi connectivity index (χ2v) is 5.40. The first kappa shape index (κ1) is 14.5. The van der Waals surface area contributed by atoms with Crippen LogP contribution in [0.15, 0.2) is 36.4 Å². The predicted molar refractivity (Wildman–Crippen MR) is 87.3 cm³/mol. The van der Waals surface area contributed by atoms with E-state index in [9.17, 15) is 0 Å². The molecule has 0 aromatic heterocycles. The van der Waals surface area contributed by atoms with Crippen molar-refractivity contribution in [2.45, 2.75) is 27.4 Å². The maximum atomic E-state index is 6.01. The lowest BCUT2D eigenvalue weighted by Crippen LogP contribution is -2.13. The second-order valence-electron chi connectivity index (χ2n) is 4.96. The predicted octanol–water partition coefficient (Wildman–Crippen LogP) is 3.83. The number of ether oxygens (including phenoxy) is 1. The normalized spacial score (nSPS) is 10.3. The van der Waals surface area contributed by atoms with Gasteiger partial charge in [-0.25, -0.2) is 0 Å². The van der Waals surface area contributed by atoms with Gasteiger partial charge in [-0.3, -0.25) is 0 Å². The van der Waals surface area contributed by atoms with Crippen LogP contribution >= 0.6 is 12.2 Å². The minimum Gasteiger partial charge on any atom is -0.488 e. The molecule has 0 amide bonds. The van der Waals surface area contributed by atoms with Gasteiger partial charge in [0.05, 0.1) is 0 Å². The number of thiocarbonyl (C=S) groups is 1. The Hall–Kier alpha value is -1.87. The van der Waals surface area contributed by atoms with Crippen molar-refractivity contribution < 1.29 is 4.74 Å². The summed E-state index contributed by atoms with van der Waals surface area (Å²) in [5.41, 5.74) is 11.2. The van der Waals surface area contributed by atoms with Gasteiger partial charge in [-0.05, 0) is 43.0 Å². The zero-order chi connectivity index (χ0) is 14.7. The van der Waals surface area contributed by atoms with Crippen molar-refractivity contribution in [3.05, 3.63) is 64.2 Å². The Balaban J connectivity index is 2.26. The highest BCUT2D eigenvalue weighted by Crippen LogP contribution is 2.26. The first-order valence-electron chi connectivity index (χ1n) is 6.58. The molecule has 0 bridgehead atoms. The van der Waals surface area contributed by atoms with Crippen molar-refractivity contribution in [2.75, 3.05) is 0 Å². The first-order chi connectivity index (χ1) is 9.50. The smallest absolute Gasteiger partial charge is 0.125 e. The van der Waals surface area contributed by atoms with Crippen LogP contribution in [0.2, 0.25) is 0 Å². The fourth-order valence-corrected chi connectivity index (χ4v) is 2.38. The molecule has 0 heterocycles. The topological polar surface area (TPSA) is 35.2 Å². The molecule has 0 aliphatic rings. The number of hydrogen-bond donors (Lipinski definition) is 1. The van der Waals surface area contributed by atoms with Crippen LogP contribution < -0.4 is 10.5 Å². The number of aryl methyl sites for hydroxylation is 2. The van der Waals surface area contributed by atoms with E-state index in [-0.39, 0.29) is 0 Å². The lowest BCUT2D eigenvalue weighted by Gasteiger charge is -2.15. The van der Waals surface area contributed by atoms with E-state index in [0.29, 0.717) is 11.6 Å². The Labute approximate surface area is 125 Å². The van der Waals surface area contributed by atoms with E-state index in [0.717, 1.165) is 22.4 Å². The average molecular weight is 285 g/mol. The largest absolute Gasteiger partial charge is 0.488 e. The monoisotopic (exact) mass is 285 g/mol. The van der Waals surface area contributed by atoms with Gasteiger partial charge >= 0.3 is 0 Å². The molecule has 2 aromatic rings. The Kier molecular flexibility index (Phi) is 4.40. The van der Waals surface area contributed by atoms with Gasteiger partial charge in [0, 0.05) is 5.56 Å². The molecule has 0 radical (unpaired) electrons. The molecule has 0 saturated heterocycles. The van der Waals surface area contributed by atoms with E-state index in [1.54, 1.807) is 0 Å². The van der Waals surface area contributed by atoms with Gasteiger partial charge < -0.3 is 10.5 Å². The first-order valence-corrected chi connectivity index (χ1v) is 6.99. The minimum atomic E-state index is 0.405. The summed E-state index contributed by atoms with van der Waals surface area (Å²) < 4.78 is 6.01. The Bertz CT molecular complexity index is 649. The molecular formula is C17H19NOS. The number of rotatable bonds is 4. The molecule has 0 unspecified atom stereocenters. The van der Waals surface area contributed by atoms with Gasteiger partial charge in [-0.2, -0.15) is 0 Å². The zero-order valence-corrected chi connectivity index (χ0v) is 12.9. The fraction of sp³-hybridized carbons (Fsp3) is 0.235. The summed E-state index contributed by atoms with van der Waals surface area (Å²) in [6.07, 6.45) is 0. The quantitative estimate of drug-likeness (QED) is 0.867. The van der Waals surface area contributed by atoms with Crippen LogP contribution in [0.3, 0.4) is 0 Å². The molecule has 0 spiro atoms. The summed E-state index contributed by atoms with van der Waals surface area (Å²) in [4.78, 5) is 0.405. The SMILES string of the molecule is Cc1ccc(C)c(OCc2ccccc2C(N)=S)c1C. The highest BCUT2D eigenvalue weighted by atomic mass is 32.1. The lowest BCUT2D eigenvalue weighted by molar-refractivity contribution is 0.301. The maximum absolute atomic E-state index is 6.01. The zero-order valence-electron chi connectivity index (χ0n) is 12.1. The maximum Gasteiger partial charge on any atom is 0.125 e. The number of nitrogens with two attached hydrogens (primary N) is 1. The molecule has 20 heavy (non-hydrogen) atoms. The summed E-state index contributed by atoms with van der Waals surface area (Å²) in [6.45, 7) is 6.70. The van der Waals surface area contributed by atoms with Crippen molar-refractivity contribution in [1.29, 1.82) is 0 Å². The van der Waals surface area contributed by atoms with Gasteiger partial charge in [0.25, 0.3) is 0 Å². The molecule has 0 aliphatic heterocycles. The molecule has 2 nitrogen and oxygen atoms in total. The summed E-state index contributed by atoms with van der Waals surface area (Å²) >= 11 is 5.08. The number of benzene rings is 2. The molecule has 104 valence electrons. The van der Waals surface area contributed by atoms with Crippen molar-refractivity contribution in [2.24, 2.45) is 5.73 Å². The van der Waals surface area contributed by atoms with E-state index in [1.165, 1.54) is 11.1 Å². The van der Waals surface area contributed by atoms with E-state index in [2.05, 4.69) is 32.9 Å². The van der Waals surface area contributed by atoms with Crippen LogP contribution in [0, 0.1) is 20.8 Å². The summed E-state index contributed by atoms with van der Waals surface area (Å²) in [5.74, 6) is 0.947. The molecule has 0 atom stereocenters.